The molecule has 1 fully saturated rings. The summed E-state index contributed by atoms with van der Waals surface area (Å²) in [5, 5.41) is 3.37. The Labute approximate surface area is 208 Å². The van der Waals surface area contributed by atoms with Crippen LogP contribution in [0.2, 0.25) is 5.02 Å². The molecule has 1 aliphatic rings. The molecule has 0 saturated carbocycles. The molecule has 0 bridgehead atoms. The first-order valence-corrected chi connectivity index (χ1v) is 11.7. The highest BCUT2D eigenvalue weighted by Crippen LogP contribution is 2.37. The molecule has 6 nitrogen and oxygen atoms in total. The molecule has 2 aromatic carbocycles. The summed E-state index contributed by atoms with van der Waals surface area (Å²) in [4.78, 5) is 26.6. The predicted molar refractivity (Wildman–Crippen MR) is 137 cm³/mol. The highest BCUT2D eigenvalue weighted by Gasteiger charge is 2.28. The Kier molecular flexibility index (Phi) is 7.84. The minimum Gasteiger partial charge on any atom is -0.493 e. The Bertz CT molecular complexity index is 1110. The first kappa shape index (κ1) is 23.8. The SMILES string of the molecule is COc1cc(/C=C2\SC(=S)N(C)C2=O)cc(I)c1OCC(=O)Nc1cccc(Cl)c1C. The number of thioether (sulfide) groups is 1. The van der Waals surface area contributed by atoms with Crippen molar-refractivity contribution in [3.8, 4) is 11.5 Å². The van der Waals surface area contributed by atoms with Crippen LogP contribution in [0.15, 0.2) is 35.2 Å². The van der Waals surface area contributed by atoms with Crippen molar-refractivity contribution in [1.29, 1.82) is 0 Å². The van der Waals surface area contributed by atoms with Gasteiger partial charge in [-0.15, -0.1) is 0 Å². The Morgan fingerprint density at radius 2 is 2.13 bits per heavy atom. The van der Waals surface area contributed by atoms with Crippen molar-refractivity contribution in [3.05, 3.63) is 55.0 Å². The number of hydrogen-bond donors (Lipinski definition) is 1. The second kappa shape index (κ2) is 10.2. The Morgan fingerprint density at radius 3 is 2.77 bits per heavy atom. The van der Waals surface area contributed by atoms with Gasteiger partial charge in [0.15, 0.2) is 18.1 Å². The number of benzene rings is 2. The van der Waals surface area contributed by atoms with E-state index in [1.807, 2.05) is 13.0 Å². The first-order chi connectivity index (χ1) is 14.7. The molecule has 1 heterocycles. The normalized spacial score (nSPS) is 14.9. The number of nitrogens with zero attached hydrogens (tertiary/aromatic N) is 1. The number of nitrogens with one attached hydrogen (secondary N) is 1. The van der Waals surface area contributed by atoms with Crippen molar-refractivity contribution >= 4 is 86.1 Å². The van der Waals surface area contributed by atoms with Crippen molar-refractivity contribution in [2.75, 3.05) is 26.1 Å². The molecule has 31 heavy (non-hydrogen) atoms. The number of ether oxygens (including phenoxy) is 2. The standard InChI is InChI=1S/C21H18ClIN2O4S2/c1-11-13(22)5-4-6-15(11)24-18(26)10-29-19-14(23)7-12(8-16(19)28-3)9-17-20(27)25(2)21(30)31-17/h4-9H,10H2,1-3H3,(H,24,26)/b17-9-. The van der Waals surface area contributed by atoms with Crippen molar-refractivity contribution < 1.29 is 19.1 Å². The van der Waals surface area contributed by atoms with E-state index in [0.29, 0.717) is 31.4 Å². The van der Waals surface area contributed by atoms with Gasteiger partial charge in [-0.2, -0.15) is 0 Å². The second-order valence-corrected chi connectivity index (χ2v) is 9.77. The van der Waals surface area contributed by atoms with Crippen molar-refractivity contribution in [1.82, 2.24) is 4.90 Å². The highest BCUT2D eigenvalue weighted by atomic mass is 127. The van der Waals surface area contributed by atoms with Gasteiger partial charge >= 0.3 is 0 Å². The van der Waals surface area contributed by atoms with Crippen LogP contribution in [0.25, 0.3) is 6.08 Å². The van der Waals surface area contributed by atoms with Crippen LogP contribution < -0.4 is 14.8 Å². The summed E-state index contributed by atoms with van der Waals surface area (Å²) in [7, 11) is 3.17. The molecule has 2 amide bonds. The summed E-state index contributed by atoms with van der Waals surface area (Å²) in [6.07, 6.45) is 1.76. The molecular weight excluding hydrogens is 571 g/mol. The van der Waals surface area contributed by atoms with E-state index >= 15 is 0 Å². The first-order valence-electron chi connectivity index (χ1n) is 8.98. The summed E-state index contributed by atoms with van der Waals surface area (Å²) < 4.78 is 12.4. The minimum atomic E-state index is -0.320. The van der Waals surface area contributed by atoms with Crippen molar-refractivity contribution in [2.45, 2.75) is 6.92 Å². The van der Waals surface area contributed by atoms with Crippen LogP contribution in [0.3, 0.4) is 0 Å². The quantitative estimate of drug-likeness (QED) is 0.287. The molecule has 0 spiro atoms. The fraction of sp³-hybridized carbons (Fsp3) is 0.190. The average Bonchev–Trinajstić information content (AvgIpc) is 2.96. The Balaban J connectivity index is 1.75. The number of amides is 2. The van der Waals surface area contributed by atoms with Gasteiger partial charge in [0.1, 0.15) is 4.32 Å². The van der Waals surface area contributed by atoms with Crippen LogP contribution in [0, 0.1) is 10.5 Å². The van der Waals surface area contributed by atoms with Crippen LogP contribution in [0.5, 0.6) is 11.5 Å². The van der Waals surface area contributed by atoms with Gasteiger partial charge in [-0.25, -0.2) is 0 Å². The Morgan fingerprint density at radius 1 is 1.39 bits per heavy atom. The van der Waals surface area contributed by atoms with Crippen molar-refractivity contribution in [3.63, 3.8) is 0 Å². The number of hydrogen-bond acceptors (Lipinski definition) is 6. The van der Waals surface area contributed by atoms with Gasteiger partial charge in [0.05, 0.1) is 15.6 Å². The second-order valence-electron chi connectivity index (χ2n) is 6.52. The number of likely N-dealkylation sites (N-methyl/N-ethyl adjacent to an activating group) is 1. The maximum atomic E-state index is 12.4. The third-order valence-electron chi connectivity index (χ3n) is 4.43. The molecule has 0 aromatic heterocycles. The largest absolute Gasteiger partial charge is 0.493 e. The van der Waals surface area contributed by atoms with Gasteiger partial charge in [-0.3, -0.25) is 14.5 Å². The summed E-state index contributed by atoms with van der Waals surface area (Å²) >= 11 is 14.6. The van der Waals surface area contributed by atoms with Crippen LogP contribution >= 0.6 is 58.2 Å². The van der Waals surface area contributed by atoms with E-state index in [0.717, 1.165) is 14.7 Å². The zero-order chi connectivity index (χ0) is 22.7. The maximum absolute atomic E-state index is 12.4. The Hall–Kier alpha value is -1.82. The van der Waals surface area contributed by atoms with Gasteiger partial charge in [-0.05, 0) is 71.0 Å². The lowest BCUT2D eigenvalue weighted by molar-refractivity contribution is -0.121. The third kappa shape index (κ3) is 5.51. The zero-order valence-corrected chi connectivity index (χ0v) is 21.4. The molecule has 0 unspecified atom stereocenters. The summed E-state index contributed by atoms with van der Waals surface area (Å²) in [5.74, 6) is 0.439. The van der Waals surface area contributed by atoms with Crippen LogP contribution in [-0.4, -0.2) is 41.8 Å². The van der Waals surface area contributed by atoms with E-state index in [2.05, 4.69) is 27.9 Å². The van der Waals surface area contributed by atoms with Gasteiger partial charge in [-0.1, -0.05) is 41.6 Å². The monoisotopic (exact) mass is 588 g/mol. The van der Waals surface area contributed by atoms with Crippen LogP contribution in [0.1, 0.15) is 11.1 Å². The minimum absolute atomic E-state index is 0.141. The van der Waals surface area contributed by atoms with E-state index in [1.165, 1.54) is 23.8 Å². The molecule has 1 saturated heterocycles. The lowest BCUT2D eigenvalue weighted by Gasteiger charge is -2.14. The molecule has 1 aliphatic heterocycles. The number of anilines is 1. The smallest absolute Gasteiger partial charge is 0.265 e. The van der Waals surface area contributed by atoms with Gasteiger partial charge < -0.3 is 14.8 Å². The summed E-state index contributed by atoms with van der Waals surface area (Å²) in [6.45, 7) is 1.63. The molecule has 0 aliphatic carbocycles. The lowest BCUT2D eigenvalue weighted by Crippen LogP contribution is -2.22. The molecule has 10 heteroatoms. The van der Waals surface area contributed by atoms with E-state index in [4.69, 9.17) is 33.3 Å². The molecular formula is C21H18ClIN2O4S2. The summed E-state index contributed by atoms with van der Waals surface area (Å²) in [5.41, 5.74) is 2.18. The summed E-state index contributed by atoms with van der Waals surface area (Å²) in [6, 6.07) is 8.90. The average molecular weight is 589 g/mol. The highest BCUT2D eigenvalue weighted by molar-refractivity contribution is 14.1. The van der Waals surface area contributed by atoms with E-state index in [9.17, 15) is 9.59 Å². The molecule has 1 N–H and O–H groups in total. The van der Waals surface area contributed by atoms with E-state index in [1.54, 1.807) is 37.4 Å². The fourth-order valence-electron chi connectivity index (χ4n) is 2.73. The van der Waals surface area contributed by atoms with E-state index in [-0.39, 0.29) is 18.4 Å². The van der Waals surface area contributed by atoms with Crippen LogP contribution in [0.4, 0.5) is 5.69 Å². The number of rotatable bonds is 6. The van der Waals surface area contributed by atoms with Gasteiger partial charge in [0.2, 0.25) is 0 Å². The number of halogens is 2. The fourth-order valence-corrected chi connectivity index (χ4v) is 4.86. The predicted octanol–water partition coefficient (Wildman–Crippen LogP) is 5.11. The number of thiocarbonyl (C=S) groups is 1. The molecule has 162 valence electrons. The number of carbonyl (C=O) groups excluding carboxylic acids is 2. The molecule has 2 aromatic rings. The third-order valence-corrected chi connectivity index (χ3v) is 7.12. The molecule has 3 rings (SSSR count). The van der Waals surface area contributed by atoms with Gasteiger partial charge in [0, 0.05) is 17.8 Å². The number of carbonyl (C=O) groups is 2. The topological polar surface area (TPSA) is 67.9 Å². The van der Waals surface area contributed by atoms with Crippen LogP contribution in [-0.2, 0) is 9.59 Å². The van der Waals surface area contributed by atoms with Gasteiger partial charge in [0.25, 0.3) is 11.8 Å². The lowest BCUT2D eigenvalue weighted by atomic mass is 10.2. The van der Waals surface area contributed by atoms with E-state index < -0.39 is 0 Å². The number of methoxy groups -OCH3 is 1. The van der Waals surface area contributed by atoms with Crippen molar-refractivity contribution in [2.24, 2.45) is 0 Å². The zero-order valence-electron chi connectivity index (χ0n) is 16.8. The maximum Gasteiger partial charge on any atom is 0.265 e. The molecule has 0 atom stereocenters. The molecule has 0 radical (unpaired) electrons.